The smallest absolute Gasteiger partial charge is 0.335 e. The lowest BCUT2D eigenvalue weighted by Gasteiger charge is -2.39. The summed E-state index contributed by atoms with van der Waals surface area (Å²) in [7, 11) is 0. The number of ether oxygens (including phenoxy) is 3. The van der Waals surface area contributed by atoms with Crippen molar-refractivity contribution in [1.29, 1.82) is 0 Å². The Balaban J connectivity index is 0.000000243. The molecule has 3 fully saturated rings. The highest BCUT2D eigenvalue weighted by Gasteiger charge is 2.52. The van der Waals surface area contributed by atoms with Gasteiger partial charge in [-0.1, -0.05) is 18.2 Å². The summed E-state index contributed by atoms with van der Waals surface area (Å²) in [6, 6.07) is 11.5. The number of benzene rings is 3. The second kappa shape index (κ2) is 24.9. The maximum absolute atomic E-state index is 11.8. The van der Waals surface area contributed by atoms with Gasteiger partial charge in [-0.2, -0.15) is 0 Å². The molecule has 3 aromatic carbocycles. The van der Waals surface area contributed by atoms with Crippen molar-refractivity contribution in [2.24, 2.45) is 0 Å². The van der Waals surface area contributed by atoms with Gasteiger partial charge in [0.25, 0.3) is 0 Å². The predicted molar refractivity (Wildman–Crippen MR) is 248 cm³/mol. The van der Waals surface area contributed by atoms with Crippen LogP contribution in [0.4, 0.5) is 0 Å². The number of hydrogen-bond acceptors (Lipinski definition) is 24. The first-order chi connectivity index (χ1) is 34.9. The number of carbonyl (C=O) groups excluding carboxylic acids is 3. The van der Waals surface area contributed by atoms with Crippen LogP contribution in [0.1, 0.15) is 55.2 Å². The Morgan fingerprint density at radius 2 is 0.613 bits per heavy atom. The molecule has 0 spiro atoms. The number of phenols is 6. The predicted octanol–water partition coefficient (Wildman–Crippen LogP) is -1.94. The van der Waals surface area contributed by atoms with Crippen molar-refractivity contribution >= 4 is 54.0 Å². The molecule has 0 unspecified atom stereocenters. The van der Waals surface area contributed by atoms with Gasteiger partial charge in [-0.15, -0.1) is 0 Å². The number of carboxylic acid groups (broad SMARTS) is 3. The summed E-state index contributed by atoms with van der Waals surface area (Å²) in [4.78, 5) is 68.7. The molecule has 3 saturated carbocycles. The van der Waals surface area contributed by atoms with E-state index in [1.165, 1.54) is 72.8 Å². The average Bonchev–Trinajstić information content (AvgIpc) is 3.32. The molecule has 12 atom stereocenters. The van der Waals surface area contributed by atoms with Crippen LogP contribution < -0.4 is 0 Å². The van der Waals surface area contributed by atoms with E-state index in [0.717, 1.165) is 18.2 Å². The van der Waals surface area contributed by atoms with Gasteiger partial charge in [0.15, 0.2) is 51.3 Å². The molecule has 0 radical (unpaired) electrons. The molecule has 408 valence electrons. The van der Waals surface area contributed by atoms with E-state index < -0.39 is 146 Å². The van der Waals surface area contributed by atoms with Crippen LogP contribution in [0.25, 0.3) is 18.2 Å². The first-order valence-electron chi connectivity index (χ1n) is 22.0. The van der Waals surface area contributed by atoms with Gasteiger partial charge in [-0.3, -0.25) is 0 Å². The Morgan fingerprint density at radius 1 is 0.387 bits per heavy atom. The van der Waals surface area contributed by atoms with E-state index in [1.807, 2.05) is 0 Å². The lowest BCUT2D eigenvalue weighted by atomic mass is 9.79. The number of carboxylic acids is 3. The van der Waals surface area contributed by atoms with Crippen LogP contribution in [0, 0.1) is 0 Å². The zero-order chi connectivity index (χ0) is 56.3. The fourth-order valence-electron chi connectivity index (χ4n) is 7.60. The second-order valence-corrected chi connectivity index (χ2v) is 17.6. The summed E-state index contributed by atoms with van der Waals surface area (Å²) in [5, 5.41) is 171. The van der Waals surface area contributed by atoms with Crippen LogP contribution in [-0.4, -0.2) is 199 Å². The summed E-state index contributed by atoms with van der Waals surface area (Å²) >= 11 is 0. The lowest BCUT2D eigenvalue weighted by molar-refractivity contribution is -0.196. The first-order valence-corrected chi connectivity index (χ1v) is 22.0. The van der Waals surface area contributed by atoms with Crippen LogP contribution in [0.5, 0.6) is 34.5 Å². The maximum Gasteiger partial charge on any atom is 0.335 e. The molecular weight excluding hydrogens is 1010 g/mol. The Hall–Kier alpha value is -7.86. The third-order valence-corrected chi connectivity index (χ3v) is 11.8. The SMILES string of the molecule is O=C(/C=C/c1ccc(O)c(O)c1)O[C@@H]1C[C@](O)(C(=O)O)C[C@@H](O)[C@H]1O.O=C(/C=C/c1ccc(O)c(O)c1)O[C@@H]1C[C@](O)(C(=O)O)C[C@@H](O)[C@H]1O.O=C(/C=C/c1ccc(O)c(O)c1)O[C@@H]1C[C@](O)(C(=O)O)C[C@@H](O)[C@H]1O. The minimum absolute atomic E-state index is 0.327. The molecule has 0 bridgehead atoms. The molecule has 0 aromatic heterocycles. The van der Waals surface area contributed by atoms with E-state index >= 15 is 0 Å². The molecule has 27 nitrogen and oxygen atoms in total. The van der Waals surface area contributed by atoms with E-state index in [-0.39, 0.29) is 34.5 Å². The van der Waals surface area contributed by atoms with Crippen LogP contribution in [-0.2, 0) is 43.0 Å². The number of hydrogen-bond donors (Lipinski definition) is 18. The van der Waals surface area contributed by atoms with Crippen LogP contribution in [0.3, 0.4) is 0 Å². The van der Waals surface area contributed by atoms with Crippen molar-refractivity contribution in [2.45, 2.75) is 110 Å². The standard InChI is InChI=1S/3C16H18O9/c3*17-9-3-1-8(5-10(9)18)2-4-13(20)25-12-7-16(24,15(22)23)6-11(19)14(12)21/h3*1-5,11-12,14,17-19,21,24H,6-7H2,(H,22,23)/b3*4-2+/t3*11-,12-,14-,16+/m111/s1. The molecule has 0 aliphatic heterocycles. The van der Waals surface area contributed by atoms with Crippen molar-refractivity contribution in [3.63, 3.8) is 0 Å². The highest BCUT2D eigenvalue weighted by atomic mass is 16.6. The van der Waals surface area contributed by atoms with Crippen LogP contribution in [0.15, 0.2) is 72.8 Å². The number of aliphatic carboxylic acids is 3. The number of rotatable bonds is 12. The van der Waals surface area contributed by atoms with Gasteiger partial charge in [0.2, 0.25) is 0 Å². The van der Waals surface area contributed by atoms with Crippen LogP contribution >= 0.6 is 0 Å². The Morgan fingerprint density at radius 3 is 0.813 bits per heavy atom. The van der Waals surface area contributed by atoms with Crippen molar-refractivity contribution in [1.82, 2.24) is 0 Å². The van der Waals surface area contributed by atoms with Gasteiger partial charge in [-0.05, 0) is 71.3 Å². The number of phenolic OH excluding ortho intramolecular Hbond substituents is 6. The van der Waals surface area contributed by atoms with Crippen molar-refractivity contribution in [2.75, 3.05) is 0 Å². The van der Waals surface area contributed by atoms with Gasteiger partial charge < -0.3 is 106 Å². The molecule has 0 amide bonds. The van der Waals surface area contributed by atoms with E-state index in [1.54, 1.807) is 0 Å². The normalized spacial score (nSPS) is 29.5. The van der Waals surface area contributed by atoms with Crippen molar-refractivity contribution in [3.8, 4) is 34.5 Å². The van der Waals surface area contributed by atoms with Gasteiger partial charge >= 0.3 is 35.8 Å². The summed E-state index contributed by atoms with van der Waals surface area (Å²) in [6.07, 6.45) is -10.3. The third kappa shape index (κ3) is 16.1. The van der Waals surface area contributed by atoms with E-state index in [2.05, 4.69) is 0 Å². The second-order valence-electron chi connectivity index (χ2n) is 17.6. The van der Waals surface area contributed by atoms with Gasteiger partial charge in [0, 0.05) is 56.8 Å². The zero-order valence-electron chi connectivity index (χ0n) is 38.8. The third-order valence-electron chi connectivity index (χ3n) is 11.8. The molecule has 18 N–H and O–H groups in total. The molecule has 6 rings (SSSR count). The molecule has 27 heteroatoms. The summed E-state index contributed by atoms with van der Waals surface area (Å²) < 4.78 is 14.8. The quantitative estimate of drug-likeness (QED) is 0.0406. The van der Waals surface area contributed by atoms with Crippen LogP contribution in [0.2, 0.25) is 0 Å². The summed E-state index contributed by atoms with van der Waals surface area (Å²) in [5.74, 6) is -9.73. The number of aliphatic hydroxyl groups is 9. The number of aromatic hydroxyl groups is 6. The van der Waals surface area contributed by atoms with E-state index in [0.29, 0.717) is 16.7 Å². The maximum atomic E-state index is 11.8. The minimum atomic E-state index is -2.31. The van der Waals surface area contributed by atoms with Gasteiger partial charge in [-0.25, -0.2) is 28.8 Å². The Bertz CT molecular complexity index is 2380. The van der Waals surface area contributed by atoms with Gasteiger partial charge in [0.05, 0.1) is 18.3 Å². The molecule has 3 aromatic rings. The molecule has 3 aliphatic carbocycles. The number of esters is 3. The molecule has 3 aliphatic rings. The fraction of sp³-hybridized carbons (Fsp3) is 0.375. The van der Waals surface area contributed by atoms with Gasteiger partial charge in [0.1, 0.15) is 36.6 Å². The molecule has 75 heavy (non-hydrogen) atoms. The first kappa shape index (κ1) is 59.7. The number of aliphatic hydroxyl groups excluding tert-OH is 6. The van der Waals surface area contributed by atoms with E-state index in [9.17, 15) is 105 Å². The van der Waals surface area contributed by atoms with Crippen molar-refractivity contribution < 1.29 is 135 Å². The lowest BCUT2D eigenvalue weighted by Crippen LogP contribution is -2.57. The molecule has 0 saturated heterocycles. The topological polar surface area (TPSA) is 494 Å². The van der Waals surface area contributed by atoms with E-state index in [4.69, 9.17) is 29.5 Å². The van der Waals surface area contributed by atoms with Crippen molar-refractivity contribution in [3.05, 3.63) is 89.5 Å². The largest absolute Gasteiger partial charge is 0.504 e. The monoisotopic (exact) mass is 1060 g/mol. The number of carbonyl (C=O) groups is 6. The highest BCUT2D eigenvalue weighted by Crippen LogP contribution is 2.35. The fourth-order valence-corrected chi connectivity index (χ4v) is 7.60. The Labute approximate surface area is 422 Å². The summed E-state index contributed by atoms with van der Waals surface area (Å²) in [5.41, 5.74) is -5.81. The summed E-state index contributed by atoms with van der Waals surface area (Å²) in [6.45, 7) is 0. The Kier molecular flexibility index (Phi) is 19.8. The highest BCUT2D eigenvalue weighted by molar-refractivity contribution is 5.89. The minimum Gasteiger partial charge on any atom is -0.504 e. The zero-order valence-corrected chi connectivity index (χ0v) is 38.8. The average molecular weight is 1060 g/mol. The molecule has 0 heterocycles. The molecular formula is C48H54O27.